The molecule has 0 heterocycles. The number of carbonyl (C=O) groups excluding carboxylic acids is 1. The van der Waals surface area contributed by atoms with Crippen molar-refractivity contribution in [3.8, 4) is 5.75 Å². The maximum absolute atomic E-state index is 10.5. The number of methoxy groups -OCH3 is 1. The molecule has 0 saturated carbocycles. The summed E-state index contributed by atoms with van der Waals surface area (Å²) in [5.41, 5.74) is 1.25. The van der Waals surface area contributed by atoms with E-state index in [-0.39, 0.29) is 4.75 Å². The minimum atomic E-state index is 0.0156. The predicted octanol–water partition coefficient (Wildman–Crippen LogP) is 3.30. The van der Waals surface area contributed by atoms with Crippen LogP contribution in [0.4, 0.5) is 0 Å². The van der Waals surface area contributed by atoms with Gasteiger partial charge in [-0.1, -0.05) is 26.0 Å². The van der Waals surface area contributed by atoms with Crippen LogP contribution in [0.15, 0.2) is 24.3 Å². The number of hydrogen-bond acceptors (Lipinski definition) is 3. The molecule has 0 radical (unpaired) electrons. The monoisotopic (exact) mass is 238 g/mol. The summed E-state index contributed by atoms with van der Waals surface area (Å²) < 4.78 is 5.12. The van der Waals surface area contributed by atoms with Crippen molar-refractivity contribution in [2.75, 3.05) is 7.11 Å². The van der Waals surface area contributed by atoms with E-state index in [9.17, 15) is 4.79 Å². The van der Waals surface area contributed by atoms with Crippen molar-refractivity contribution in [2.24, 2.45) is 0 Å². The van der Waals surface area contributed by atoms with E-state index in [1.165, 1.54) is 5.56 Å². The van der Waals surface area contributed by atoms with Crippen LogP contribution in [0.1, 0.15) is 25.8 Å². The third kappa shape index (κ3) is 4.27. The Hall–Kier alpha value is -0.960. The van der Waals surface area contributed by atoms with Gasteiger partial charge in [0.1, 0.15) is 12.0 Å². The Bertz CT molecular complexity index is 330. The van der Waals surface area contributed by atoms with Crippen LogP contribution in [0.5, 0.6) is 5.75 Å². The molecule has 1 rings (SSSR count). The molecular formula is C13H18O2S. The lowest BCUT2D eigenvalue weighted by atomic mass is 10.1. The first kappa shape index (κ1) is 13.1. The van der Waals surface area contributed by atoms with E-state index in [0.717, 1.165) is 17.8 Å². The maximum atomic E-state index is 10.5. The molecule has 0 bridgehead atoms. The third-order valence-corrected chi connectivity index (χ3v) is 3.79. The van der Waals surface area contributed by atoms with E-state index in [0.29, 0.717) is 6.42 Å². The minimum absolute atomic E-state index is 0.0156. The molecule has 0 N–H and O–H groups in total. The van der Waals surface area contributed by atoms with Crippen molar-refractivity contribution in [3.63, 3.8) is 0 Å². The van der Waals surface area contributed by atoms with E-state index in [1.807, 2.05) is 12.1 Å². The second kappa shape index (κ2) is 5.94. The fraction of sp³-hybridized carbons (Fsp3) is 0.462. The lowest BCUT2D eigenvalue weighted by molar-refractivity contribution is -0.108. The van der Waals surface area contributed by atoms with E-state index < -0.39 is 0 Å². The fourth-order valence-corrected chi connectivity index (χ4v) is 2.20. The van der Waals surface area contributed by atoms with Gasteiger partial charge in [-0.25, -0.2) is 0 Å². The molecule has 0 saturated heterocycles. The molecule has 16 heavy (non-hydrogen) atoms. The van der Waals surface area contributed by atoms with Crippen molar-refractivity contribution in [3.05, 3.63) is 29.8 Å². The van der Waals surface area contributed by atoms with Crippen molar-refractivity contribution < 1.29 is 9.53 Å². The summed E-state index contributed by atoms with van der Waals surface area (Å²) in [4.78, 5) is 10.5. The van der Waals surface area contributed by atoms with Gasteiger partial charge in [-0.05, 0) is 17.7 Å². The molecule has 0 aliphatic carbocycles. The van der Waals surface area contributed by atoms with Gasteiger partial charge in [-0.3, -0.25) is 0 Å². The molecule has 0 unspecified atom stereocenters. The van der Waals surface area contributed by atoms with Crippen molar-refractivity contribution in [2.45, 2.75) is 30.8 Å². The highest BCUT2D eigenvalue weighted by molar-refractivity contribution is 7.99. The Morgan fingerprint density at radius 2 is 1.94 bits per heavy atom. The number of ether oxygens (including phenoxy) is 1. The lowest BCUT2D eigenvalue weighted by Gasteiger charge is -2.21. The van der Waals surface area contributed by atoms with Crippen LogP contribution in [-0.2, 0) is 10.5 Å². The van der Waals surface area contributed by atoms with Gasteiger partial charge in [-0.15, -0.1) is 0 Å². The average molecular weight is 238 g/mol. The summed E-state index contributed by atoms with van der Waals surface area (Å²) in [6, 6.07) is 8.04. The normalized spacial score (nSPS) is 11.2. The lowest BCUT2D eigenvalue weighted by Crippen LogP contribution is -2.15. The summed E-state index contributed by atoms with van der Waals surface area (Å²) in [6.07, 6.45) is 1.58. The molecule has 1 aromatic rings. The van der Waals surface area contributed by atoms with Gasteiger partial charge < -0.3 is 9.53 Å². The molecule has 0 fully saturated rings. The highest BCUT2D eigenvalue weighted by Crippen LogP contribution is 2.30. The second-order valence-corrected chi connectivity index (χ2v) is 5.95. The van der Waals surface area contributed by atoms with Crippen LogP contribution in [0.2, 0.25) is 0 Å². The zero-order valence-corrected chi connectivity index (χ0v) is 10.8. The quantitative estimate of drug-likeness (QED) is 0.711. The van der Waals surface area contributed by atoms with Crippen LogP contribution >= 0.6 is 11.8 Å². The van der Waals surface area contributed by atoms with Gasteiger partial charge in [0.15, 0.2) is 0 Å². The number of thioether (sulfide) groups is 1. The van der Waals surface area contributed by atoms with Gasteiger partial charge in [0.2, 0.25) is 0 Å². The topological polar surface area (TPSA) is 26.3 Å². The Balaban J connectivity index is 2.50. The Morgan fingerprint density at radius 3 is 2.44 bits per heavy atom. The van der Waals surface area contributed by atoms with Gasteiger partial charge in [0.25, 0.3) is 0 Å². The third-order valence-electron chi connectivity index (χ3n) is 2.36. The standard InChI is InChI=1S/C13H18O2S/c1-13(2,8-9-14)16-10-11-4-6-12(15-3)7-5-11/h4-7,9H,8,10H2,1-3H3. The molecule has 0 aliphatic heterocycles. The summed E-state index contributed by atoms with van der Waals surface area (Å²) in [6.45, 7) is 4.19. The molecule has 0 aliphatic rings. The summed E-state index contributed by atoms with van der Waals surface area (Å²) in [5, 5.41) is 0. The van der Waals surface area contributed by atoms with E-state index in [1.54, 1.807) is 18.9 Å². The van der Waals surface area contributed by atoms with Crippen LogP contribution in [0.3, 0.4) is 0 Å². The van der Waals surface area contributed by atoms with Crippen LogP contribution in [0, 0.1) is 0 Å². The SMILES string of the molecule is COc1ccc(CSC(C)(C)CC=O)cc1. The number of rotatable bonds is 6. The molecule has 0 spiro atoms. The summed E-state index contributed by atoms with van der Waals surface area (Å²) >= 11 is 1.80. The van der Waals surface area contributed by atoms with E-state index in [4.69, 9.17) is 4.74 Å². The van der Waals surface area contributed by atoms with Gasteiger partial charge in [0.05, 0.1) is 7.11 Å². The highest BCUT2D eigenvalue weighted by atomic mass is 32.2. The van der Waals surface area contributed by atoms with E-state index >= 15 is 0 Å². The second-order valence-electron chi connectivity index (χ2n) is 4.27. The molecule has 0 atom stereocenters. The van der Waals surface area contributed by atoms with Crippen molar-refractivity contribution in [1.82, 2.24) is 0 Å². The summed E-state index contributed by atoms with van der Waals surface area (Å²) in [7, 11) is 1.66. The number of benzene rings is 1. The summed E-state index contributed by atoms with van der Waals surface area (Å²) in [5.74, 6) is 1.80. The Kier molecular flexibility index (Phi) is 4.87. The fourth-order valence-electron chi connectivity index (χ4n) is 1.26. The van der Waals surface area contributed by atoms with Crippen LogP contribution in [0.25, 0.3) is 0 Å². The predicted molar refractivity (Wildman–Crippen MR) is 69.0 cm³/mol. The zero-order valence-electron chi connectivity index (χ0n) is 10.0. The number of carbonyl (C=O) groups is 1. The number of hydrogen-bond donors (Lipinski definition) is 0. The van der Waals surface area contributed by atoms with Gasteiger partial charge in [-0.2, -0.15) is 11.8 Å². The first-order valence-electron chi connectivity index (χ1n) is 5.28. The van der Waals surface area contributed by atoms with Crippen molar-refractivity contribution >= 4 is 18.0 Å². The molecule has 2 nitrogen and oxygen atoms in total. The van der Waals surface area contributed by atoms with Gasteiger partial charge in [0, 0.05) is 16.9 Å². The Labute approximate surface area is 101 Å². The average Bonchev–Trinajstić information content (AvgIpc) is 2.27. The highest BCUT2D eigenvalue weighted by Gasteiger charge is 2.17. The van der Waals surface area contributed by atoms with Crippen molar-refractivity contribution in [1.29, 1.82) is 0 Å². The Morgan fingerprint density at radius 1 is 1.31 bits per heavy atom. The first-order chi connectivity index (χ1) is 7.57. The van der Waals surface area contributed by atoms with Crippen LogP contribution in [-0.4, -0.2) is 18.1 Å². The largest absolute Gasteiger partial charge is 0.497 e. The number of aldehydes is 1. The molecule has 88 valence electrons. The van der Waals surface area contributed by atoms with E-state index in [2.05, 4.69) is 26.0 Å². The van der Waals surface area contributed by atoms with Crippen LogP contribution < -0.4 is 4.74 Å². The smallest absolute Gasteiger partial charge is 0.121 e. The molecule has 1 aromatic carbocycles. The molecule has 3 heteroatoms. The molecule has 0 aromatic heterocycles. The zero-order chi connectivity index (χ0) is 12.0. The molecular weight excluding hydrogens is 220 g/mol. The molecule has 0 amide bonds. The first-order valence-corrected chi connectivity index (χ1v) is 6.26. The maximum Gasteiger partial charge on any atom is 0.121 e. The van der Waals surface area contributed by atoms with Gasteiger partial charge >= 0.3 is 0 Å². The minimum Gasteiger partial charge on any atom is -0.497 e.